The Morgan fingerprint density at radius 2 is 2.19 bits per heavy atom. The monoisotopic (exact) mass is 223 g/mol. The van der Waals surface area contributed by atoms with E-state index in [0.717, 1.165) is 24.5 Å². The van der Waals surface area contributed by atoms with Crippen LogP contribution in [-0.2, 0) is 0 Å². The van der Waals surface area contributed by atoms with Crippen molar-refractivity contribution in [3.8, 4) is 0 Å². The number of hydrogen-bond donors (Lipinski definition) is 2. The summed E-state index contributed by atoms with van der Waals surface area (Å²) in [5.74, 6) is -0.187. The Hall–Kier alpha value is -1.29. The van der Waals surface area contributed by atoms with E-state index in [1.165, 1.54) is 6.07 Å². The summed E-state index contributed by atoms with van der Waals surface area (Å²) in [6, 6.07) is 4.88. The van der Waals surface area contributed by atoms with E-state index in [9.17, 15) is 4.39 Å². The molecule has 1 aromatic carbocycles. The molecule has 1 aromatic rings. The van der Waals surface area contributed by atoms with Gasteiger partial charge in [-0.05, 0) is 39.1 Å². The molecular formula is C12H18FN3. The van der Waals surface area contributed by atoms with E-state index in [0.29, 0.717) is 0 Å². The zero-order valence-corrected chi connectivity index (χ0v) is 9.97. The van der Waals surface area contributed by atoms with Crippen LogP contribution in [0.25, 0.3) is 0 Å². The average Bonchev–Trinajstić information content (AvgIpc) is 2.45. The third-order valence-electron chi connectivity index (χ3n) is 2.95. The molecule has 3 nitrogen and oxygen atoms in total. The zero-order chi connectivity index (χ0) is 11.8. The minimum absolute atomic E-state index is 0.160. The summed E-state index contributed by atoms with van der Waals surface area (Å²) >= 11 is 0. The van der Waals surface area contributed by atoms with Gasteiger partial charge in [0, 0.05) is 13.1 Å². The van der Waals surface area contributed by atoms with Gasteiger partial charge in [0.15, 0.2) is 0 Å². The van der Waals surface area contributed by atoms with Crippen molar-refractivity contribution in [2.24, 2.45) is 0 Å². The minimum atomic E-state index is -0.187. The van der Waals surface area contributed by atoms with Crippen molar-refractivity contribution in [3.05, 3.63) is 24.0 Å². The Morgan fingerprint density at radius 3 is 2.88 bits per heavy atom. The summed E-state index contributed by atoms with van der Waals surface area (Å²) in [7, 11) is 1.92. The lowest BCUT2D eigenvalue weighted by Gasteiger charge is -2.33. The van der Waals surface area contributed by atoms with Crippen molar-refractivity contribution < 1.29 is 4.39 Å². The summed E-state index contributed by atoms with van der Waals surface area (Å²) in [6.45, 7) is 5.93. The maximum absolute atomic E-state index is 13.2. The summed E-state index contributed by atoms with van der Waals surface area (Å²) in [5.41, 5.74) is 1.79. The van der Waals surface area contributed by atoms with Gasteiger partial charge in [-0.1, -0.05) is 0 Å². The molecular weight excluding hydrogens is 205 g/mol. The fourth-order valence-electron chi connectivity index (χ4n) is 2.16. The number of rotatable bonds is 3. The predicted octanol–water partition coefficient (Wildman–Crippen LogP) is 2.01. The lowest BCUT2D eigenvalue weighted by Crippen LogP contribution is -2.47. The number of nitrogens with zero attached hydrogens (tertiary/aromatic N) is 1. The van der Waals surface area contributed by atoms with Gasteiger partial charge >= 0.3 is 0 Å². The fourth-order valence-corrected chi connectivity index (χ4v) is 2.16. The van der Waals surface area contributed by atoms with E-state index < -0.39 is 0 Å². The van der Waals surface area contributed by atoms with E-state index in [2.05, 4.69) is 29.4 Å². The van der Waals surface area contributed by atoms with Gasteiger partial charge in [0.2, 0.25) is 0 Å². The summed E-state index contributed by atoms with van der Waals surface area (Å²) < 4.78 is 13.2. The van der Waals surface area contributed by atoms with Gasteiger partial charge in [-0.3, -0.25) is 0 Å². The molecule has 0 aliphatic carbocycles. The van der Waals surface area contributed by atoms with Crippen LogP contribution in [0.1, 0.15) is 13.8 Å². The van der Waals surface area contributed by atoms with Gasteiger partial charge in [0.05, 0.1) is 11.4 Å². The highest BCUT2D eigenvalue weighted by molar-refractivity contribution is 5.77. The Kier molecular flexibility index (Phi) is 2.76. The molecule has 1 aliphatic heterocycles. The Morgan fingerprint density at radius 1 is 1.44 bits per heavy atom. The maximum Gasteiger partial charge on any atom is 0.125 e. The molecule has 0 fully saturated rings. The van der Waals surface area contributed by atoms with Gasteiger partial charge in [0.1, 0.15) is 11.5 Å². The minimum Gasteiger partial charge on any atom is -0.361 e. The quantitative estimate of drug-likeness (QED) is 0.821. The first kappa shape index (κ1) is 11.2. The molecule has 1 heterocycles. The highest BCUT2D eigenvalue weighted by Gasteiger charge is 2.34. The van der Waals surface area contributed by atoms with Crippen molar-refractivity contribution in [1.29, 1.82) is 0 Å². The Bertz CT molecular complexity index is 390. The first-order chi connectivity index (χ1) is 7.54. The molecule has 0 saturated heterocycles. The molecule has 16 heavy (non-hydrogen) atoms. The highest BCUT2D eigenvalue weighted by Crippen LogP contribution is 2.39. The van der Waals surface area contributed by atoms with E-state index in [1.54, 1.807) is 12.1 Å². The van der Waals surface area contributed by atoms with Gasteiger partial charge in [-0.2, -0.15) is 0 Å². The Labute approximate surface area is 95.6 Å². The van der Waals surface area contributed by atoms with Crippen LogP contribution >= 0.6 is 0 Å². The van der Waals surface area contributed by atoms with Crippen LogP contribution in [0.2, 0.25) is 0 Å². The summed E-state index contributed by atoms with van der Waals surface area (Å²) in [4.78, 5) is 2.18. The van der Waals surface area contributed by atoms with E-state index >= 15 is 0 Å². The number of nitrogens with one attached hydrogen (secondary N) is 2. The molecule has 0 atom stereocenters. The van der Waals surface area contributed by atoms with Crippen molar-refractivity contribution in [1.82, 2.24) is 5.32 Å². The lowest BCUT2D eigenvalue weighted by molar-refractivity contribution is 0.532. The second kappa shape index (κ2) is 3.94. The molecule has 0 unspecified atom stereocenters. The first-order valence-electron chi connectivity index (χ1n) is 5.54. The number of halogens is 1. The van der Waals surface area contributed by atoms with Crippen molar-refractivity contribution in [2.75, 3.05) is 30.4 Å². The molecule has 0 amide bonds. The Balaban J connectivity index is 2.32. The van der Waals surface area contributed by atoms with E-state index in [-0.39, 0.29) is 11.5 Å². The molecule has 1 aliphatic rings. The molecule has 0 radical (unpaired) electrons. The molecule has 2 N–H and O–H groups in total. The zero-order valence-electron chi connectivity index (χ0n) is 9.97. The second-order valence-electron chi connectivity index (χ2n) is 4.60. The number of likely N-dealkylation sites (N-methyl/N-ethyl adjacent to an activating group) is 1. The summed E-state index contributed by atoms with van der Waals surface area (Å²) in [6.07, 6.45) is 0. The van der Waals surface area contributed by atoms with Gasteiger partial charge in [0.25, 0.3) is 0 Å². The third kappa shape index (κ3) is 1.85. The molecule has 2 rings (SSSR count). The van der Waals surface area contributed by atoms with Crippen molar-refractivity contribution >= 4 is 11.4 Å². The molecule has 0 bridgehead atoms. The summed E-state index contributed by atoms with van der Waals surface area (Å²) in [5, 5.41) is 6.51. The smallest absolute Gasteiger partial charge is 0.125 e. The third-order valence-corrected chi connectivity index (χ3v) is 2.95. The van der Waals surface area contributed by atoms with E-state index in [4.69, 9.17) is 0 Å². The van der Waals surface area contributed by atoms with Gasteiger partial charge < -0.3 is 15.5 Å². The molecule has 0 spiro atoms. The van der Waals surface area contributed by atoms with Crippen LogP contribution in [-0.4, -0.2) is 25.8 Å². The number of fused-ring (bicyclic) bond motifs is 1. The molecule has 88 valence electrons. The highest BCUT2D eigenvalue weighted by atomic mass is 19.1. The fraction of sp³-hybridized carbons (Fsp3) is 0.500. The number of anilines is 2. The topological polar surface area (TPSA) is 27.3 Å². The maximum atomic E-state index is 13.2. The molecule has 0 saturated carbocycles. The molecule has 0 aromatic heterocycles. The normalized spacial score (nSPS) is 17.1. The lowest BCUT2D eigenvalue weighted by atomic mass is 10.2. The van der Waals surface area contributed by atoms with Crippen molar-refractivity contribution in [3.63, 3.8) is 0 Å². The number of benzene rings is 1. The first-order valence-corrected chi connectivity index (χ1v) is 5.54. The van der Waals surface area contributed by atoms with Crippen molar-refractivity contribution in [2.45, 2.75) is 19.5 Å². The second-order valence-corrected chi connectivity index (χ2v) is 4.60. The van der Waals surface area contributed by atoms with E-state index in [1.807, 2.05) is 7.05 Å². The van der Waals surface area contributed by atoms with Crippen LogP contribution in [0, 0.1) is 5.82 Å². The van der Waals surface area contributed by atoms with Gasteiger partial charge in [-0.15, -0.1) is 0 Å². The van der Waals surface area contributed by atoms with Gasteiger partial charge in [-0.25, -0.2) is 4.39 Å². The van der Waals surface area contributed by atoms with Crippen LogP contribution in [0.15, 0.2) is 18.2 Å². The number of hydrogen-bond acceptors (Lipinski definition) is 3. The van der Waals surface area contributed by atoms with Crippen LogP contribution < -0.4 is 15.5 Å². The predicted molar refractivity (Wildman–Crippen MR) is 65.4 cm³/mol. The standard InChI is InChI=1S/C12H18FN3/c1-12(2)15-10-5-4-9(13)8-11(10)16(12)7-6-14-3/h4-5,8,14-15H,6-7H2,1-3H3. The largest absolute Gasteiger partial charge is 0.361 e. The molecule has 4 heteroatoms. The van der Waals surface area contributed by atoms with Crippen LogP contribution in [0.5, 0.6) is 0 Å². The van der Waals surface area contributed by atoms with Crippen LogP contribution in [0.4, 0.5) is 15.8 Å². The van der Waals surface area contributed by atoms with Crippen LogP contribution in [0.3, 0.4) is 0 Å². The average molecular weight is 223 g/mol. The SMILES string of the molecule is CNCCN1c2cc(F)ccc2NC1(C)C.